The zero-order valence-electron chi connectivity index (χ0n) is 13.0. The summed E-state index contributed by atoms with van der Waals surface area (Å²) in [6.45, 7) is 5.61. The van der Waals surface area contributed by atoms with Crippen molar-refractivity contribution in [1.82, 2.24) is 14.7 Å². The second kappa shape index (κ2) is 5.79. The van der Waals surface area contributed by atoms with E-state index in [-0.39, 0.29) is 12.0 Å². The molecule has 5 nitrogen and oxygen atoms in total. The van der Waals surface area contributed by atoms with E-state index in [0.29, 0.717) is 37.9 Å². The smallest absolute Gasteiger partial charge is 0.257 e. The molecule has 0 spiro atoms. The summed E-state index contributed by atoms with van der Waals surface area (Å²) in [7, 11) is 0. The van der Waals surface area contributed by atoms with Gasteiger partial charge in [-0.1, -0.05) is 6.92 Å². The average molecular weight is 291 g/mol. The van der Waals surface area contributed by atoms with E-state index < -0.39 is 0 Å². The van der Waals surface area contributed by atoms with Gasteiger partial charge in [0.05, 0.1) is 23.6 Å². The van der Waals surface area contributed by atoms with Crippen LogP contribution in [0.25, 0.3) is 0 Å². The van der Waals surface area contributed by atoms with E-state index in [9.17, 15) is 9.90 Å². The van der Waals surface area contributed by atoms with Gasteiger partial charge in [-0.2, -0.15) is 5.10 Å². The van der Waals surface area contributed by atoms with Gasteiger partial charge in [-0.3, -0.25) is 9.48 Å². The summed E-state index contributed by atoms with van der Waals surface area (Å²) in [5, 5.41) is 14.1. The highest BCUT2D eigenvalue weighted by atomic mass is 16.3. The molecule has 0 bridgehead atoms. The largest absolute Gasteiger partial charge is 0.393 e. The summed E-state index contributed by atoms with van der Waals surface area (Å²) in [5.74, 6) is 0.606. The third-order valence-corrected chi connectivity index (χ3v) is 4.79. The van der Waals surface area contributed by atoms with Crippen molar-refractivity contribution in [1.29, 1.82) is 0 Å². The molecule has 1 aromatic rings. The molecule has 2 fully saturated rings. The highest BCUT2D eigenvalue weighted by Gasteiger charge is 2.35. The second-order valence-electron chi connectivity index (χ2n) is 6.44. The number of rotatable bonds is 4. The molecule has 2 aliphatic rings. The van der Waals surface area contributed by atoms with E-state index in [2.05, 4.69) is 23.6 Å². The maximum Gasteiger partial charge on any atom is 0.257 e. The lowest BCUT2D eigenvalue weighted by atomic mass is 10.1. The summed E-state index contributed by atoms with van der Waals surface area (Å²) in [6, 6.07) is 0.338. The minimum Gasteiger partial charge on any atom is -0.393 e. The first-order chi connectivity index (χ1) is 10.1. The van der Waals surface area contributed by atoms with Crippen LogP contribution in [-0.2, 0) is 0 Å². The first kappa shape index (κ1) is 14.6. The summed E-state index contributed by atoms with van der Waals surface area (Å²) in [5.41, 5.74) is 1.93. The Hall–Kier alpha value is -1.36. The Bertz CT molecular complexity index is 514. The van der Waals surface area contributed by atoms with Gasteiger partial charge in [0.2, 0.25) is 0 Å². The summed E-state index contributed by atoms with van der Waals surface area (Å²) < 4.78 is 2.06. The van der Waals surface area contributed by atoms with Crippen LogP contribution in [0.2, 0.25) is 0 Å². The topological polar surface area (TPSA) is 58.4 Å². The molecular formula is C16H25N3O2. The van der Waals surface area contributed by atoms with Crippen LogP contribution in [-0.4, -0.2) is 44.9 Å². The van der Waals surface area contributed by atoms with Crippen LogP contribution in [0.4, 0.5) is 0 Å². The van der Waals surface area contributed by atoms with E-state index in [1.807, 2.05) is 4.90 Å². The number of amides is 1. The van der Waals surface area contributed by atoms with Gasteiger partial charge < -0.3 is 10.0 Å². The van der Waals surface area contributed by atoms with Gasteiger partial charge in [0.25, 0.3) is 5.91 Å². The first-order valence-corrected chi connectivity index (χ1v) is 8.16. The van der Waals surface area contributed by atoms with E-state index in [0.717, 1.165) is 17.7 Å². The molecule has 0 aromatic carbocycles. The molecule has 21 heavy (non-hydrogen) atoms. The molecule has 5 heteroatoms. The van der Waals surface area contributed by atoms with Crippen LogP contribution in [0.5, 0.6) is 0 Å². The van der Waals surface area contributed by atoms with Crippen molar-refractivity contribution >= 4 is 5.91 Å². The first-order valence-electron chi connectivity index (χ1n) is 8.16. The van der Waals surface area contributed by atoms with Gasteiger partial charge in [0, 0.05) is 25.0 Å². The molecule has 1 aliphatic carbocycles. The maximum absolute atomic E-state index is 12.8. The molecule has 1 saturated carbocycles. The standard InChI is InChI=1S/C16H25N3O2/c1-3-11(2)19-15(12-4-5-12)14(10-17-19)16(21)18-8-6-13(20)7-9-18/h10-13,20H,3-9H2,1-2H3. The zero-order valence-corrected chi connectivity index (χ0v) is 13.0. The molecule has 0 radical (unpaired) electrons. The minimum atomic E-state index is -0.250. The van der Waals surface area contributed by atoms with Crippen LogP contribution in [0, 0.1) is 0 Å². The van der Waals surface area contributed by atoms with Crippen molar-refractivity contribution in [2.75, 3.05) is 13.1 Å². The SMILES string of the molecule is CCC(C)n1ncc(C(=O)N2CCC(O)CC2)c1C1CC1. The molecule has 1 aromatic heterocycles. The zero-order chi connectivity index (χ0) is 15.0. The van der Waals surface area contributed by atoms with Crippen LogP contribution < -0.4 is 0 Å². The van der Waals surface area contributed by atoms with Crippen LogP contribution in [0.3, 0.4) is 0 Å². The van der Waals surface area contributed by atoms with Gasteiger partial charge >= 0.3 is 0 Å². The van der Waals surface area contributed by atoms with Gasteiger partial charge in [-0.25, -0.2) is 0 Å². The van der Waals surface area contributed by atoms with E-state index in [1.54, 1.807) is 6.20 Å². The number of carbonyl (C=O) groups excluding carboxylic acids is 1. The van der Waals surface area contributed by atoms with Crippen molar-refractivity contribution < 1.29 is 9.90 Å². The molecule has 116 valence electrons. The quantitative estimate of drug-likeness (QED) is 0.926. The molecule has 1 saturated heterocycles. The van der Waals surface area contributed by atoms with Crippen molar-refractivity contribution in [2.45, 2.75) is 64.0 Å². The van der Waals surface area contributed by atoms with Gasteiger partial charge in [-0.05, 0) is 39.0 Å². The number of carbonyl (C=O) groups is 1. The van der Waals surface area contributed by atoms with Gasteiger partial charge in [-0.15, -0.1) is 0 Å². The molecule has 1 unspecified atom stereocenters. The average Bonchev–Trinajstić information content (AvgIpc) is 3.25. The number of aliphatic hydroxyl groups excluding tert-OH is 1. The Labute approximate surface area is 125 Å². The number of aliphatic hydroxyl groups is 1. The number of aromatic nitrogens is 2. The fourth-order valence-electron chi connectivity index (χ4n) is 3.06. The van der Waals surface area contributed by atoms with Crippen molar-refractivity contribution in [3.63, 3.8) is 0 Å². The Morgan fingerprint density at radius 2 is 2.05 bits per heavy atom. The molecule has 1 aliphatic heterocycles. The van der Waals surface area contributed by atoms with Crippen LogP contribution in [0.1, 0.15) is 74.0 Å². The fraction of sp³-hybridized carbons (Fsp3) is 0.750. The minimum absolute atomic E-state index is 0.0957. The summed E-state index contributed by atoms with van der Waals surface area (Å²) in [4.78, 5) is 14.6. The summed E-state index contributed by atoms with van der Waals surface area (Å²) in [6.07, 6.45) is 6.23. The number of piperidine rings is 1. The third-order valence-electron chi connectivity index (χ3n) is 4.79. The van der Waals surface area contributed by atoms with Crippen LogP contribution >= 0.6 is 0 Å². The van der Waals surface area contributed by atoms with Gasteiger partial charge in [0.1, 0.15) is 0 Å². The molecule has 1 amide bonds. The Balaban J connectivity index is 1.84. The second-order valence-corrected chi connectivity index (χ2v) is 6.44. The monoisotopic (exact) mass is 291 g/mol. The molecule has 1 atom stereocenters. The van der Waals surface area contributed by atoms with E-state index in [1.165, 1.54) is 12.8 Å². The van der Waals surface area contributed by atoms with Gasteiger partial charge in [0.15, 0.2) is 0 Å². The normalized spacial score (nSPS) is 21.6. The number of hydrogen-bond acceptors (Lipinski definition) is 3. The Morgan fingerprint density at radius 3 is 2.62 bits per heavy atom. The Morgan fingerprint density at radius 1 is 1.38 bits per heavy atom. The van der Waals surface area contributed by atoms with E-state index >= 15 is 0 Å². The predicted molar refractivity (Wildman–Crippen MR) is 80.3 cm³/mol. The maximum atomic E-state index is 12.8. The predicted octanol–water partition coefficient (Wildman–Crippen LogP) is 2.33. The molecule has 3 rings (SSSR count). The van der Waals surface area contributed by atoms with Crippen molar-refractivity contribution in [3.05, 3.63) is 17.5 Å². The fourth-order valence-corrected chi connectivity index (χ4v) is 3.06. The summed E-state index contributed by atoms with van der Waals surface area (Å²) >= 11 is 0. The lowest BCUT2D eigenvalue weighted by Gasteiger charge is -2.29. The van der Waals surface area contributed by atoms with Crippen molar-refractivity contribution in [3.8, 4) is 0 Å². The van der Waals surface area contributed by atoms with Crippen LogP contribution in [0.15, 0.2) is 6.20 Å². The third kappa shape index (κ3) is 2.84. The van der Waals surface area contributed by atoms with E-state index in [4.69, 9.17) is 0 Å². The van der Waals surface area contributed by atoms with Crippen molar-refractivity contribution in [2.24, 2.45) is 0 Å². The Kier molecular flexibility index (Phi) is 4.02. The lowest BCUT2D eigenvalue weighted by Crippen LogP contribution is -2.40. The highest BCUT2D eigenvalue weighted by molar-refractivity contribution is 5.95. The molecule has 2 heterocycles. The number of likely N-dealkylation sites (tertiary alicyclic amines) is 1. The molecule has 1 N–H and O–H groups in total. The highest BCUT2D eigenvalue weighted by Crippen LogP contribution is 2.43. The molecular weight excluding hydrogens is 266 g/mol. The number of nitrogens with zero attached hydrogens (tertiary/aromatic N) is 3. The number of hydrogen-bond donors (Lipinski definition) is 1. The lowest BCUT2D eigenvalue weighted by molar-refractivity contribution is 0.0545.